The highest BCUT2D eigenvalue weighted by Crippen LogP contribution is 2.38. The SMILES string of the molecule is NC(=O)CNCc1nc(C2Cc3ccccc32)no1. The van der Waals surface area contributed by atoms with Crippen LogP contribution in [-0.2, 0) is 17.8 Å². The first kappa shape index (κ1) is 11.9. The third kappa shape index (κ3) is 2.34. The van der Waals surface area contributed by atoms with Gasteiger partial charge in [-0.1, -0.05) is 29.4 Å². The Labute approximate surface area is 110 Å². The first-order chi connectivity index (χ1) is 9.24. The van der Waals surface area contributed by atoms with Crippen LogP contribution in [0.3, 0.4) is 0 Å². The maximum Gasteiger partial charge on any atom is 0.240 e. The van der Waals surface area contributed by atoms with E-state index < -0.39 is 5.91 Å². The van der Waals surface area contributed by atoms with Gasteiger partial charge < -0.3 is 10.3 Å². The molecule has 1 amide bonds. The van der Waals surface area contributed by atoms with Gasteiger partial charge in [0.25, 0.3) is 0 Å². The first-order valence-corrected chi connectivity index (χ1v) is 6.13. The Morgan fingerprint density at radius 1 is 1.47 bits per heavy atom. The van der Waals surface area contributed by atoms with Crippen molar-refractivity contribution in [1.29, 1.82) is 0 Å². The largest absolute Gasteiger partial charge is 0.369 e. The van der Waals surface area contributed by atoms with Crippen LogP contribution in [0.2, 0.25) is 0 Å². The molecule has 1 unspecified atom stereocenters. The van der Waals surface area contributed by atoms with Crippen LogP contribution in [0, 0.1) is 0 Å². The summed E-state index contributed by atoms with van der Waals surface area (Å²) in [5, 5.41) is 6.83. The van der Waals surface area contributed by atoms with Crippen molar-refractivity contribution in [3.63, 3.8) is 0 Å². The highest BCUT2D eigenvalue weighted by Gasteiger charge is 2.30. The van der Waals surface area contributed by atoms with Crippen LogP contribution in [0.5, 0.6) is 0 Å². The number of amides is 1. The van der Waals surface area contributed by atoms with Gasteiger partial charge in [-0.05, 0) is 17.5 Å². The van der Waals surface area contributed by atoms with E-state index in [1.165, 1.54) is 11.1 Å². The Morgan fingerprint density at radius 2 is 2.32 bits per heavy atom. The van der Waals surface area contributed by atoms with Gasteiger partial charge in [-0.3, -0.25) is 10.1 Å². The molecule has 3 N–H and O–H groups in total. The Morgan fingerprint density at radius 3 is 3.11 bits per heavy atom. The monoisotopic (exact) mass is 258 g/mol. The van der Waals surface area contributed by atoms with E-state index in [1.807, 2.05) is 12.1 Å². The summed E-state index contributed by atoms with van der Waals surface area (Å²) in [5.41, 5.74) is 7.63. The normalized spacial score (nSPS) is 16.7. The van der Waals surface area contributed by atoms with E-state index in [2.05, 4.69) is 27.6 Å². The number of nitrogens with two attached hydrogens (primary N) is 1. The van der Waals surface area contributed by atoms with Crippen molar-refractivity contribution in [2.75, 3.05) is 6.54 Å². The lowest BCUT2D eigenvalue weighted by atomic mass is 9.77. The molecule has 1 aromatic heterocycles. The number of primary amides is 1. The minimum Gasteiger partial charge on any atom is -0.369 e. The molecular weight excluding hydrogens is 244 g/mol. The highest BCUT2D eigenvalue weighted by atomic mass is 16.5. The van der Waals surface area contributed by atoms with Gasteiger partial charge in [0.15, 0.2) is 5.82 Å². The van der Waals surface area contributed by atoms with Gasteiger partial charge in [0, 0.05) is 0 Å². The van der Waals surface area contributed by atoms with Crippen LogP contribution in [0.4, 0.5) is 0 Å². The predicted octanol–water partition coefficient (Wildman–Crippen LogP) is 0.332. The quantitative estimate of drug-likeness (QED) is 0.806. The Hall–Kier alpha value is -2.21. The molecular formula is C13H14N4O2. The Bertz CT molecular complexity index is 608. The summed E-state index contributed by atoms with van der Waals surface area (Å²) in [6.45, 7) is 0.453. The zero-order chi connectivity index (χ0) is 13.2. The molecule has 6 nitrogen and oxygen atoms in total. The maximum absolute atomic E-state index is 10.6. The summed E-state index contributed by atoms with van der Waals surface area (Å²) in [7, 11) is 0. The van der Waals surface area contributed by atoms with Gasteiger partial charge in [-0.2, -0.15) is 4.98 Å². The number of carbonyl (C=O) groups is 1. The van der Waals surface area contributed by atoms with Crippen molar-refractivity contribution in [2.45, 2.75) is 18.9 Å². The highest BCUT2D eigenvalue weighted by molar-refractivity contribution is 5.75. The van der Waals surface area contributed by atoms with Crippen molar-refractivity contribution >= 4 is 5.91 Å². The van der Waals surface area contributed by atoms with E-state index in [9.17, 15) is 4.79 Å². The van der Waals surface area contributed by atoms with Crippen LogP contribution in [-0.4, -0.2) is 22.6 Å². The lowest BCUT2D eigenvalue weighted by molar-refractivity contribution is -0.117. The van der Waals surface area contributed by atoms with Gasteiger partial charge in [0.05, 0.1) is 19.0 Å². The first-order valence-electron chi connectivity index (χ1n) is 6.13. The molecule has 0 aliphatic heterocycles. The average Bonchev–Trinajstić information content (AvgIpc) is 2.79. The van der Waals surface area contributed by atoms with Crippen molar-refractivity contribution in [3.05, 3.63) is 47.1 Å². The van der Waals surface area contributed by atoms with Gasteiger partial charge in [0.1, 0.15) is 0 Å². The van der Waals surface area contributed by atoms with E-state index in [-0.39, 0.29) is 12.5 Å². The molecule has 0 radical (unpaired) electrons. The second kappa shape index (κ2) is 4.81. The second-order valence-electron chi connectivity index (χ2n) is 4.57. The van der Waals surface area contributed by atoms with E-state index >= 15 is 0 Å². The molecule has 2 aromatic rings. The summed E-state index contributed by atoms with van der Waals surface area (Å²) in [6.07, 6.45) is 0.948. The number of nitrogens with one attached hydrogen (secondary N) is 1. The van der Waals surface area contributed by atoms with E-state index in [1.54, 1.807) is 0 Å². The molecule has 0 spiro atoms. The Balaban J connectivity index is 1.65. The minimum absolute atomic E-state index is 0.101. The number of hydrogen-bond donors (Lipinski definition) is 2. The van der Waals surface area contributed by atoms with Crippen molar-refractivity contribution in [1.82, 2.24) is 15.5 Å². The van der Waals surface area contributed by atoms with Crippen LogP contribution < -0.4 is 11.1 Å². The summed E-state index contributed by atoms with van der Waals surface area (Å²) in [6, 6.07) is 8.25. The van der Waals surface area contributed by atoms with Crippen LogP contribution in [0.1, 0.15) is 28.8 Å². The third-order valence-electron chi connectivity index (χ3n) is 3.23. The van der Waals surface area contributed by atoms with Crippen molar-refractivity contribution in [3.8, 4) is 0 Å². The topological polar surface area (TPSA) is 94.0 Å². The molecule has 1 heterocycles. The molecule has 1 aliphatic carbocycles. The van der Waals surface area contributed by atoms with Gasteiger partial charge >= 0.3 is 0 Å². The lowest BCUT2D eigenvalue weighted by Crippen LogP contribution is -2.28. The number of fused-ring (bicyclic) bond motifs is 1. The number of nitrogens with zero attached hydrogens (tertiary/aromatic N) is 2. The summed E-state index contributed by atoms with van der Waals surface area (Å²) < 4.78 is 5.14. The number of carbonyl (C=O) groups excluding carboxylic acids is 1. The van der Waals surface area contributed by atoms with Gasteiger partial charge in [-0.25, -0.2) is 0 Å². The fourth-order valence-electron chi connectivity index (χ4n) is 2.26. The molecule has 0 fully saturated rings. The zero-order valence-electron chi connectivity index (χ0n) is 10.3. The molecule has 1 aromatic carbocycles. The van der Waals surface area contributed by atoms with E-state index in [4.69, 9.17) is 10.3 Å². The summed E-state index contributed by atoms with van der Waals surface area (Å²) in [5.74, 6) is 0.993. The van der Waals surface area contributed by atoms with Gasteiger partial charge in [0.2, 0.25) is 11.8 Å². The standard InChI is InChI=1S/C13H14N4O2/c14-11(18)6-15-7-12-16-13(17-19-12)10-5-8-3-1-2-4-9(8)10/h1-4,10,15H,5-7H2,(H2,14,18). The zero-order valence-corrected chi connectivity index (χ0v) is 10.3. The Kier molecular flexibility index (Phi) is 3.00. The average molecular weight is 258 g/mol. The molecule has 1 aliphatic rings. The van der Waals surface area contributed by atoms with Gasteiger partial charge in [-0.15, -0.1) is 0 Å². The molecule has 0 bridgehead atoms. The number of hydrogen-bond acceptors (Lipinski definition) is 5. The third-order valence-corrected chi connectivity index (χ3v) is 3.23. The lowest BCUT2D eigenvalue weighted by Gasteiger charge is -2.27. The molecule has 98 valence electrons. The predicted molar refractivity (Wildman–Crippen MR) is 67.2 cm³/mol. The summed E-state index contributed by atoms with van der Waals surface area (Å²) in [4.78, 5) is 14.9. The molecule has 6 heteroatoms. The van der Waals surface area contributed by atoms with Crippen molar-refractivity contribution in [2.24, 2.45) is 5.73 Å². The molecule has 0 saturated carbocycles. The minimum atomic E-state index is -0.410. The number of benzene rings is 1. The maximum atomic E-state index is 10.6. The second-order valence-corrected chi connectivity index (χ2v) is 4.57. The fourth-order valence-corrected chi connectivity index (χ4v) is 2.26. The smallest absolute Gasteiger partial charge is 0.240 e. The number of aromatic nitrogens is 2. The molecule has 0 saturated heterocycles. The number of rotatable bonds is 5. The summed E-state index contributed by atoms with van der Waals surface area (Å²) >= 11 is 0. The molecule has 1 atom stereocenters. The van der Waals surface area contributed by atoms with Crippen LogP contribution >= 0.6 is 0 Å². The van der Waals surface area contributed by atoms with E-state index in [0.717, 1.165) is 6.42 Å². The van der Waals surface area contributed by atoms with Crippen molar-refractivity contribution < 1.29 is 9.32 Å². The fraction of sp³-hybridized carbons (Fsp3) is 0.308. The molecule has 19 heavy (non-hydrogen) atoms. The van der Waals surface area contributed by atoms with Crippen LogP contribution in [0.15, 0.2) is 28.8 Å². The van der Waals surface area contributed by atoms with E-state index in [0.29, 0.717) is 18.3 Å². The molecule has 3 rings (SSSR count). The van der Waals surface area contributed by atoms with Crippen LogP contribution in [0.25, 0.3) is 0 Å².